The third-order valence-corrected chi connectivity index (χ3v) is 3.58. The Labute approximate surface area is 91.9 Å². The number of nitriles is 1. The molecule has 1 N–H and O–H groups in total. The fraction of sp³-hybridized carbons (Fsp3) is 0.833. The van der Waals surface area contributed by atoms with E-state index in [1.54, 1.807) is 6.92 Å². The topological polar surface area (TPSA) is 52.9 Å². The fourth-order valence-corrected chi connectivity index (χ4v) is 1.98. The van der Waals surface area contributed by atoms with E-state index in [0.29, 0.717) is 6.42 Å². The Balaban J connectivity index is 2.66. The zero-order chi connectivity index (χ0) is 11.5. The Kier molecular flexibility index (Phi) is 3.38. The molecule has 0 aromatic heterocycles. The van der Waals surface area contributed by atoms with E-state index in [2.05, 4.69) is 18.3 Å². The molecule has 3 nitrogen and oxygen atoms in total. The van der Waals surface area contributed by atoms with E-state index >= 15 is 0 Å². The summed E-state index contributed by atoms with van der Waals surface area (Å²) in [7, 11) is 0. The van der Waals surface area contributed by atoms with Crippen LogP contribution in [0.2, 0.25) is 0 Å². The predicted octanol–water partition coefficient (Wildman–Crippen LogP) is 2.38. The number of amides is 1. The van der Waals surface area contributed by atoms with Crippen LogP contribution in [0.4, 0.5) is 0 Å². The summed E-state index contributed by atoms with van der Waals surface area (Å²) < 4.78 is 0. The van der Waals surface area contributed by atoms with Crippen LogP contribution in [0.1, 0.15) is 52.9 Å². The van der Waals surface area contributed by atoms with Crippen LogP contribution in [0, 0.1) is 16.7 Å². The highest BCUT2D eigenvalue weighted by Gasteiger charge is 2.37. The number of rotatable bonds is 3. The first-order chi connectivity index (χ1) is 6.96. The van der Waals surface area contributed by atoms with Crippen LogP contribution in [-0.4, -0.2) is 11.4 Å². The number of carbonyl (C=O) groups excluding carboxylic acids is 1. The third-order valence-electron chi connectivity index (χ3n) is 3.58. The number of carbonyl (C=O) groups is 1. The highest BCUT2D eigenvalue weighted by atomic mass is 16.2. The molecule has 84 valence electrons. The third kappa shape index (κ3) is 2.50. The fourth-order valence-electron chi connectivity index (χ4n) is 1.98. The molecule has 0 heterocycles. The van der Waals surface area contributed by atoms with E-state index < -0.39 is 5.41 Å². The van der Waals surface area contributed by atoms with Gasteiger partial charge in [0.05, 0.1) is 6.07 Å². The monoisotopic (exact) mass is 208 g/mol. The molecule has 0 aromatic carbocycles. The van der Waals surface area contributed by atoms with Crippen LogP contribution >= 0.6 is 0 Å². The van der Waals surface area contributed by atoms with Crippen molar-refractivity contribution in [2.75, 3.05) is 0 Å². The van der Waals surface area contributed by atoms with Crippen molar-refractivity contribution in [3.05, 3.63) is 0 Å². The lowest BCUT2D eigenvalue weighted by Crippen LogP contribution is -2.49. The van der Waals surface area contributed by atoms with Gasteiger partial charge in [0.1, 0.15) is 5.41 Å². The summed E-state index contributed by atoms with van der Waals surface area (Å²) in [4.78, 5) is 12.0. The highest BCUT2D eigenvalue weighted by Crippen LogP contribution is 2.30. The van der Waals surface area contributed by atoms with Crippen molar-refractivity contribution in [3.8, 4) is 6.07 Å². The Morgan fingerprint density at radius 3 is 2.47 bits per heavy atom. The van der Waals surface area contributed by atoms with Crippen LogP contribution in [-0.2, 0) is 4.79 Å². The Morgan fingerprint density at radius 2 is 2.07 bits per heavy atom. The van der Waals surface area contributed by atoms with Crippen LogP contribution in [0.3, 0.4) is 0 Å². The maximum absolute atomic E-state index is 12.0. The lowest BCUT2D eigenvalue weighted by atomic mass is 9.86. The summed E-state index contributed by atoms with van der Waals surface area (Å²) in [6.45, 7) is 5.66. The highest BCUT2D eigenvalue weighted by molar-refractivity contribution is 5.85. The smallest absolute Gasteiger partial charge is 0.240 e. The van der Waals surface area contributed by atoms with Crippen molar-refractivity contribution in [2.45, 2.75) is 58.4 Å². The van der Waals surface area contributed by atoms with E-state index in [0.717, 1.165) is 12.8 Å². The van der Waals surface area contributed by atoms with Gasteiger partial charge in [0.15, 0.2) is 0 Å². The average molecular weight is 208 g/mol. The van der Waals surface area contributed by atoms with Gasteiger partial charge in [0.25, 0.3) is 0 Å². The van der Waals surface area contributed by atoms with Gasteiger partial charge >= 0.3 is 0 Å². The molecule has 1 aliphatic rings. The number of hydrogen-bond donors (Lipinski definition) is 1. The van der Waals surface area contributed by atoms with Gasteiger partial charge in [0.2, 0.25) is 5.91 Å². The normalized spacial score (nSPS) is 22.8. The first-order valence-corrected chi connectivity index (χ1v) is 5.70. The predicted molar refractivity (Wildman–Crippen MR) is 59.0 cm³/mol. The molecule has 0 spiro atoms. The molecule has 0 saturated heterocycles. The number of hydrogen-bond acceptors (Lipinski definition) is 2. The van der Waals surface area contributed by atoms with Gasteiger partial charge in [-0.3, -0.25) is 4.79 Å². The Bertz CT molecular complexity index is 286. The minimum atomic E-state index is -0.869. The van der Waals surface area contributed by atoms with Crippen molar-refractivity contribution < 1.29 is 4.79 Å². The quantitative estimate of drug-likeness (QED) is 0.774. The second-order valence-corrected chi connectivity index (χ2v) is 5.02. The molecule has 1 fully saturated rings. The van der Waals surface area contributed by atoms with Gasteiger partial charge in [-0.15, -0.1) is 0 Å². The number of nitrogens with one attached hydrogen (secondary N) is 1. The molecule has 1 rings (SSSR count). The van der Waals surface area contributed by atoms with E-state index in [-0.39, 0.29) is 11.4 Å². The largest absolute Gasteiger partial charge is 0.350 e. The molecule has 0 radical (unpaired) electrons. The summed E-state index contributed by atoms with van der Waals surface area (Å²) in [5.74, 6) is -0.114. The van der Waals surface area contributed by atoms with E-state index in [4.69, 9.17) is 5.26 Å². The van der Waals surface area contributed by atoms with Gasteiger partial charge in [0, 0.05) is 5.54 Å². The summed E-state index contributed by atoms with van der Waals surface area (Å²) in [6.07, 6.45) is 4.97. The first-order valence-electron chi connectivity index (χ1n) is 5.70. The molecule has 0 aromatic rings. The van der Waals surface area contributed by atoms with Gasteiger partial charge in [-0.2, -0.15) is 5.26 Å². The summed E-state index contributed by atoms with van der Waals surface area (Å²) >= 11 is 0. The molecule has 1 saturated carbocycles. The van der Waals surface area contributed by atoms with Crippen LogP contribution in [0.25, 0.3) is 0 Å². The van der Waals surface area contributed by atoms with Gasteiger partial charge in [-0.1, -0.05) is 19.8 Å². The van der Waals surface area contributed by atoms with Crippen molar-refractivity contribution in [3.63, 3.8) is 0 Å². The van der Waals surface area contributed by atoms with Gasteiger partial charge < -0.3 is 5.32 Å². The van der Waals surface area contributed by atoms with Crippen LogP contribution < -0.4 is 5.32 Å². The molecule has 0 aliphatic heterocycles. The van der Waals surface area contributed by atoms with Gasteiger partial charge in [-0.25, -0.2) is 0 Å². The minimum absolute atomic E-state index is 0.0790. The molecular formula is C12H20N2O. The van der Waals surface area contributed by atoms with Crippen LogP contribution in [0.5, 0.6) is 0 Å². The molecule has 1 unspecified atom stereocenters. The maximum atomic E-state index is 12.0. The molecule has 1 amide bonds. The second-order valence-electron chi connectivity index (χ2n) is 5.02. The molecular weight excluding hydrogens is 188 g/mol. The average Bonchev–Trinajstić information content (AvgIpc) is 2.63. The molecule has 15 heavy (non-hydrogen) atoms. The van der Waals surface area contributed by atoms with E-state index in [1.165, 1.54) is 12.8 Å². The van der Waals surface area contributed by atoms with Crippen molar-refractivity contribution in [1.82, 2.24) is 5.32 Å². The summed E-state index contributed by atoms with van der Waals surface area (Å²) in [5.41, 5.74) is -0.948. The van der Waals surface area contributed by atoms with Gasteiger partial charge in [-0.05, 0) is 33.1 Å². The molecule has 0 bridgehead atoms. The summed E-state index contributed by atoms with van der Waals surface area (Å²) in [5, 5.41) is 12.0. The molecule has 1 atom stereocenters. The SMILES string of the molecule is CCC(C)(C#N)C(=O)NC1(C)CCCC1. The minimum Gasteiger partial charge on any atom is -0.350 e. The van der Waals surface area contributed by atoms with Crippen molar-refractivity contribution in [2.24, 2.45) is 5.41 Å². The van der Waals surface area contributed by atoms with E-state index in [9.17, 15) is 4.79 Å². The molecule has 3 heteroatoms. The summed E-state index contributed by atoms with van der Waals surface area (Å²) in [6, 6.07) is 2.11. The number of nitrogens with zero attached hydrogens (tertiary/aromatic N) is 1. The maximum Gasteiger partial charge on any atom is 0.240 e. The zero-order valence-electron chi connectivity index (χ0n) is 9.89. The lowest BCUT2D eigenvalue weighted by Gasteiger charge is -2.29. The van der Waals surface area contributed by atoms with Crippen molar-refractivity contribution >= 4 is 5.91 Å². The second kappa shape index (κ2) is 4.22. The Morgan fingerprint density at radius 1 is 1.53 bits per heavy atom. The standard InChI is InChI=1S/C12H20N2O/c1-4-11(2,9-13)10(15)14-12(3)7-5-6-8-12/h4-8H2,1-3H3,(H,14,15). The molecule has 1 aliphatic carbocycles. The lowest BCUT2D eigenvalue weighted by molar-refractivity contribution is -0.129. The van der Waals surface area contributed by atoms with E-state index in [1.807, 2.05) is 6.92 Å². The van der Waals surface area contributed by atoms with Crippen LogP contribution in [0.15, 0.2) is 0 Å². The Hall–Kier alpha value is -1.04. The van der Waals surface area contributed by atoms with Crippen molar-refractivity contribution in [1.29, 1.82) is 5.26 Å². The zero-order valence-corrected chi connectivity index (χ0v) is 9.89. The first kappa shape index (κ1) is 12.0.